The van der Waals surface area contributed by atoms with Crippen molar-refractivity contribution in [1.29, 1.82) is 5.26 Å². The summed E-state index contributed by atoms with van der Waals surface area (Å²) in [6.07, 6.45) is 1.42. The maximum Gasteiger partial charge on any atom is 0.267 e. The van der Waals surface area contributed by atoms with Crippen LogP contribution < -0.4 is 10.6 Å². The van der Waals surface area contributed by atoms with Crippen LogP contribution in [0.3, 0.4) is 0 Å². The van der Waals surface area contributed by atoms with Crippen LogP contribution >= 0.6 is 11.3 Å². The largest absolute Gasteiger partial charge is 0.360 e. The number of hydrogen-bond donors (Lipinski definition) is 2. The molecular formula is C26H22N4OS. The predicted molar refractivity (Wildman–Crippen MR) is 132 cm³/mol. The number of thiazole rings is 1. The van der Waals surface area contributed by atoms with E-state index in [1.807, 2.05) is 68.4 Å². The number of hydrogen-bond acceptors (Lipinski definition) is 5. The Labute approximate surface area is 191 Å². The van der Waals surface area contributed by atoms with Crippen LogP contribution in [0.4, 0.5) is 11.4 Å². The van der Waals surface area contributed by atoms with Crippen molar-refractivity contribution in [3.8, 4) is 16.6 Å². The summed E-state index contributed by atoms with van der Waals surface area (Å²) in [5, 5.41) is 16.2. The van der Waals surface area contributed by atoms with Gasteiger partial charge in [0.1, 0.15) is 16.6 Å². The van der Waals surface area contributed by atoms with Crippen molar-refractivity contribution < 1.29 is 4.79 Å². The summed E-state index contributed by atoms with van der Waals surface area (Å²) >= 11 is 1.66. The van der Waals surface area contributed by atoms with Gasteiger partial charge in [-0.2, -0.15) is 5.26 Å². The lowest BCUT2D eigenvalue weighted by Gasteiger charge is -2.09. The molecule has 4 aromatic rings. The SMILES string of the molecule is Cc1ccc(NC(=O)/C(C#N)=C\Nc2ccc(-c3nc4ccc(C)cc4s3)cc2)c(C)c1. The summed E-state index contributed by atoms with van der Waals surface area (Å²) in [7, 11) is 0. The first kappa shape index (κ1) is 21.3. The molecule has 0 spiro atoms. The van der Waals surface area contributed by atoms with Gasteiger partial charge in [-0.15, -0.1) is 11.3 Å². The molecule has 32 heavy (non-hydrogen) atoms. The van der Waals surface area contributed by atoms with Gasteiger partial charge < -0.3 is 10.6 Å². The third-order valence-corrected chi connectivity index (χ3v) is 6.12. The molecule has 1 amide bonds. The minimum absolute atomic E-state index is 0.00408. The van der Waals surface area contributed by atoms with Crippen LogP contribution in [-0.4, -0.2) is 10.9 Å². The number of carbonyl (C=O) groups excluding carboxylic acids is 1. The monoisotopic (exact) mass is 438 g/mol. The second kappa shape index (κ2) is 9.04. The molecule has 2 N–H and O–H groups in total. The Bertz CT molecular complexity index is 1380. The molecule has 0 unspecified atom stereocenters. The topological polar surface area (TPSA) is 77.8 Å². The van der Waals surface area contributed by atoms with E-state index in [-0.39, 0.29) is 5.57 Å². The fourth-order valence-corrected chi connectivity index (χ4v) is 4.38. The maximum absolute atomic E-state index is 12.5. The summed E-state index contributed by atoms with van der Waals surface area (Å²) in [4.78, 5) is 17.2. The predicted octanol–water partition coefficient (Wildman–Crippen LogP) is 6.35. The van der Waals surface area contributed by atoms with Gasteiger partial charge in [-0.05, 0) is 74.4 Å². The molecular weight excluding hydrogens is 416 g/mol. The number of anilines is 2. The number of aromatic nitrogens is 1. The fraction of sp³-hybridized carbons (Fsp3) is 0.115. The highest BCUT2D eigenvalue weighted by molar-refractivity contribution is 7.21. The summed E-state index contributed by atoms with van der Waals surface area (Å²) in [6.45, 7) is 5.99. The molecule has 5 nitrogen and oxygen atoms in total. The van der Waals surface area contributed by atoms with Gasteiger partial charge in [-0.3, -0.25) is 4.79 Å². The van der Waals surface area contributed by atoms with Crippen LogP contribution in [0.1, 0.15) is 16.7 Å². The zero-order chi connectivity index (χ0) is 22.7. The van der Waals surface area contributed by atoms with Gasteiger partial charge >= 0.3 is 0 Å². The van der Waals surface area contributed by atoms with Crippen molar-refractivity contribution in [3.63, 3.8) is 0 Å². The highest BCUT2D eigenvalue weighted by Gasteiger charge is 2.11. The van der Waals surface area contributed by atoms with E-state index in [4.69, 9.17) is 4.98 Å². The molecule has 1 aromatic heterocycles. The minimum atomic E-state index is -0.451. The number of amides is 1. The van der Waals surface area contributed by atoms with Crippen molar-refractivity contribution in [2.45, 2.75) is 20.8 Å². The zero-order valence-electron chi connectivity index (χ0n) is 18.1. The molecule has 0 atom stereocenters. The van der Waals surface area contributed by atoms with Crippen LogP contribution in [0.5, 0.6) is 0 Å². The number of nitrogens with zero attached hydrogens (tertiary/aromatic N) is 2. The van der Waals surface area contributed by atoms with Gasteiger partial charge in [0.15, 0.2) is 0 Å². The van der Waals surface area contributed by atoms with E-state index in [0.717, 1.165) is 32.9 Å². The molecule has 6 heteroatoms. The smallest absolute Gasteiger partial charge is 0.267 e. The number of aryl methyl sites for hydroxylation is 3. The lowest BCUT2D eigenvalue weighted by molar-refractivity contribution is -0.112. The number of benzene rings is 3. The molecule has 0 radical (unpaired) electrons. The number of fused-ring (bicyclic) bond motifs is 1. The molecule has 0 bridgehead atoms. The first-order chi connectivity index (χ1) is 15.4. The Balaban J connectivity index is 1.46. The van der Waals surface area contributed by atoms with Gasteiger partial charge in [0.25, 0.3) is 5.91 Å². The molecule has 0 aliphatic heterocycles. The molecule has 0 aliphatic rings. The second-order valence-electron chi connectivity index (χ2n) is 7.65. The van der Waals surface area contributed by atoms with Gasteiger partial charge in [0, 0.05) is 23.1 Å². The first-order valence-electron chi connectivity index (χ1n) is 10.2. The Morgan fingerprint density at radius 3 is 2.44 bits per heavy atom. The summed E-state index contributed by atoms with van der Waals surface area (Å²) < 4.78 is 1.17. The molecule has 1 heterocycles. The second-order valence-corrected chi connectivity index (χ2v) is 8.68. The Morgan fingerprint density at radius 1 is 1.00 bits per heavy atom. The molecule has 0 saturated carbocycles. The average Bonchev–Trinajstić information content (AvgIpc) is 3.20. The zero-order valence-corrected chi connectivity index (χ0v) is 18.9. The normalized spacial score (nSPS) is 11.2. The van der Waals surface area contributed by atoms with Crippen molar-refractivity contribution >= 4 is 38.8 Å². The average molecular weight is 439 g/mol. The highest BCUT2D eigenvalue weighted by Crippen LogP contribution is 2.31. The van der Waals surface area contributed by atoms with Gasteiger partial charge in [-0.1, -0.05) is 23.8 Å². The van der Waals surface area contributed by atoms with Crippen LogP contribution in [-0.2, 0) is 4.79 Å². The van der Waals surface area contributed by atoms with E-state index in [9.17, 15) is 10.1 Å². The number of carbonyl (C=O) groups is 1. The number of nitrogens with one attached hydrogen (secondary N) is 2. The lowest BCUT2D eigenvalue weighted by Crippen LogP contribution is -2.15. The molecule has 0 saturated heterocycles. The van der Waals surface area contributed by atoms with E-state index >= 15 is 0 Å². The molecule has 0 fully saturated rings. The standard InChI is InChI=1S/C26H22N4OS/c1-16-4-10-22(18(3)12-16)29-25(31)20(14-27)15-28-21-8-6-19(7-9-21)26-30-23-11-5-17(2)13-24(23)32-26/h4-13,15,28H,1-3H3,(H,29,31)/b20-15-. The maximum atomic E-state index is 12.5. The van der Waals surface area contributed by atoms with Crippen molar-refractivity contribution in [2.24, 2.45) is 0 Å². The van der Waals surface area contributed by atoms with E-state index < -0.39 is 5.91 Å². The van der Waals surface area contributed by atoms with Crippen molar-refractivity contribution in [2.75, 3.05) is 10.6 Å². The fourth-order valence-electron chi connectivity index (χ4n) is 3.31. The number of nitriles is 1. The Hall–Kier alpha value is -3.95. The molecule has 4 rings (SSSR count). The molecule has 158 valence electrons. The number of rotatable bonds is 5. The van der Waals surface area contributed by atoms with Crippen LogP contribution in [0, 0.1) is 32.1 Å². The van der Waals surface area contributed by atoms with Crippen LogP contribution in [0.15, 0.2) is 72.4 Å². The third-order valence-electron chi connectivity index (χ3n) is 5.05. The van der Waals surface area contributed by atoms with Crippen molar-refractivity contribution in [1.82, 2.24) is 4.98 Å². The Morgan fingerprint density at radius 2 is 1.72 bits per heavy atom. The first-order valence-corrected chi connectivity index (χ1v) is 11.0. The summed E-state index contributed by atoms with van der Waals surface area (Å²) in [5.74, 6) is -0.451. The molecule has 0 aliphatic carbocycles. The van der Waals surface area contributed by atoms with Crippen LogP contribution in [0.25, 0.3) is 20.8 Å². The van der Waals surface area contributed by atoms with Gasteiger partial charge in [0.2, 0.25) is 0 Å². The lowest BCUT2D eigenvalue weighted by atomic mass is 10.1. The van der Waals surface area contributed by atoms with Gasteiger partial charge in [0.05, 0.1) is 10.2 Å². The van der Waals surface area contributed by atoms with Crippen LogP contribution in [0.2, 0.25) is 0 Å². The van der Waals surface area contributed by atoms with Gasteiger partial charge in [-0.25, -0.2) is 4.98 Å². The molecule has 3 aromatic carbocycles. The summed E-state index contributed by atoms with van der Waals surface area (Å²) in [6, 6.07) is 21.7. The van der Waals surface area contributed by atoms with E-state index in [1.54, 1.807) is 11.3 Å². The Kier molecular flexibility index (Phi) is 6.02. The van der Waals surface area contributed by atoms with E-state index in [2.05, 4.69) is 29.7 Å². The van der Waals surface area contributed by atoms with E-state index in [1.165, 1.54) is 16.5 Å². The minimum Gasteiger partial charge on any atom is -0.360 e. The summed E-state index contributed by atoms with van der Waals surface area (Å²) in [5.41, 5.74) is 6.76. The van der Waals surface area contributed by atoms with E-state index in [0.29, 0.717) is 5.69 Å². The quantitative estimate of drug-likeness (QED) is 0.281. The van der Waals surface area contributed by atoms with Crippen molar-refractivity contribution in [3.05, 3.63) is 89.1 Å². The third kappa shape index (κ3) is 4.69. The highest BCUT2D eigenvalue weighted by atomic mass is 32.1.